The highest BCUT2D eigenvalue weighted by atomic mass is 16.2. The molecule has 2 fully saturated rings. The van der Waals surface area contributed by atoms with E-state index in [4.69, 9.17) is 5.26 Å². The summed E-state index contributed by atoms with van der Waals surface area (Å²) in [6.07, 6.45) is 5.24. The first kappa shape index (κ1) is 19.9. The topological polar surface area (TPSA) is 93.5 Å². The van der Waals surface area contributed by atoms with E-state index in [1.807, 2.05) is 24.1 Å². The molecule has 2 aliphatic heterocycles. The lowest BCUT2D eigenvalue weighted by molar-refractivity contribution is -0.134. The Labute approximate surface area is 165 Å². The van der Waals surface area contributed by atoms with E-state index in [9.17, 15) is 14.4 Å². The molecule has 0 aromatic heterocycles. The maximum absolute atomic E-state index is 12.3. The third-order valence-electron chi connectivity index (χ3n) is 5.98. The van der Waals surface area contributed by atoms with Crippen LogP contribution in [0.15, 0.2) is 18.2 Å². The Kier molecular flexibility index (Phi) is 6.03. The Morgan fingerprint density at radius 3 is 2.50 bits per heavy atom. The van der Waals surface area contributed by atoms with Gasteiger partial charge in [0.15, 0.2) is 0 Å². The molecular weight excluding hydrogens is 355 g/mol. The van der Waals surface area contributed by atoms with Crippen molar-refractivity contribution in [2.75, 3.05) is 23.9 Å². The fourth-order valence-corrected chi connectivity index (χ4v) is 4.21. The van der Waals surface area contributed by atoms with Crippen LogP contribution < -0.4 is 15.1 Å². The van der Waals surface area contributed by atoms with Crippen LogP contribution in [0.2, 0.25) is 12.6 Å². The molecule has 146 valence electrons. The largest absolute Gasteiger partial charge is 0.361 e. The normalized spacial score (nSPS) is 20.3. The number of nitrogens with one attached hydrogen (secondary N) is 1. The van der Waals surface area contributed by atoms with Crippen LogP contribution in [0.4, 0.5) is 11.4 Å². The molecule has 1 unspecified atom stereocenters. The van der Waals surface area contributed by atoms with Crippen LogP contribution in [-0.2, 0) is 14.4 Å². The molecule has 1 N–H and O–H groups in total. The Morgan fingerprint density at radius 1 is 1.18 bits per heavy atom. The lowest BCUT2D eigenvalue weighted by atomic mass is 9.41. The van der Waals surface area contributed by atoms with Crippen molar-refractivity contribution in [1.29, 1.82) is 5.26 Å². The van der Waals surface area contributed by atoms with Gasteiger partial charge in [0.05, 0.1) is 11.4 Å². The van der Waals surface area contributed by atoms with Crippen molar-refractivity contribution < 1.29 is 14.4 Å². The number of piperidine rings is 1. The van der Waals surface area contributed by atoms with E-state index >= 15 is 0 Å². The summed E-state index contributed by atoms with van der Waals surface area (Å²) < 4.78 is 0. The summed E-state index contributed by atoms with van der Waals surface area (Å²) in [5, 5.41) is 11.5. The molecule has 3 rings (SSSR count). The van der Waals surface area contributed by atoms with Gasteiger partial charge in [-0.3, -0.25) is 19.7 Å². The summed E-state index contributed by atoms with van der Waals surface area (Å²) in [5.41, 5.74) is 2.67. The minimum Gasteiger partial charge on any atom is -0.361 e. The van der Waals surface area contributed by atoms with Crippen molar-refractivity contribution >= 4 is 36.3 Å². The average molecular weight is 380 g/mol. The van der Waals surface area contributed by atoms with Crippen LogP contribution >= 0.6 is 0 Å². The second kappa shape index (κ2) is 8.47. The Balaban J connectivity index is 1.87. The standard InChI is InChI=1S/C20H25BN4O3/c1-24(13-26)18-11-15(14-7-9-21(12-22)10-8-14)3-4-16(18)25(2)17-5-6-19(27)23-20(17)28/h3-4,11,13-14,17H,5-10H2,1-2H3,(H,23,27,28). The third-order valence-corrected chi connectivity index (χ3v) is 5.98. The Bertz CT molecular complexity index is 814. The van der Waals surface area contributed by atoms with Gasteiger partial charge in [0, 0.05) is 26.5 Å². The molecule has 2 heterocycles. The molecule has 8 heteroatoms. The maximum Gasteiger partial charge on any atom is 0.267 e. The number of benzene rings is 1. The van der Waals surface area contributed by atoms with Gasteiger partial charge in [0.25, 0.3) is 6.71 Å². The predicted molar refractivity (Wildman–Crippen MR) is 108 cm³/mol. The van der Waals surface area contributed by atoms with Gasteiger partial charge in [-0.1, -0.05) is 31.5 Å². The molecule has 0 saturated carbocycles. The molecule has 0 spiro atoms. The van der Waals surface area contributed by atoms with Crippen LogP contribution in [0.3, 0.4) is 0 Å². The highest BCUT2D eigenvalue weighted by Crippen LogP contribution is 2.38. The first-order valence-electron chi connectivity index (χ1n) is 9.72. The van der Waals surface area contributed by atoms with Crippen LogP contribution in [0.1, 0.15) is 37.2 Å². The predicted octanol–water partition coefficient (Wildman–Crippen LogP) is 1.96. The first-order chi connectivity index (χ1) is 13.4. The fraction of sp³-hybridized carbons (Fsp3) is 0.500. The molecular formula is C20H25BN4O3. The summed E-state index contributed by atoms with van der Waals surface area (Å²) in [6.45, 7) is 0.145. The van der Waals surface area contributed by atoms with Gasteiger partial charge in [-0.2, -0.15) is 0 Å². The lowest BCUT2D eigenvalue weighted by Gasteiger charge is -2.34. The number of likely N-dealkylation sites (N-methyl/N-ethyl adjacent to an activating group) is 1. The molecule has 28 heavy (non-hydrogen) atoms. The number of imide groups is 1. The summed E-state index contributed by atoms with van der Waals surface area (Å²) in [4.78, 5) is 38.5. The van der Waals surface area contributed by atoms with Gasteiger partial charge >= 0.3 is 0 Å². The van der Waals surface area contributed by atoms with Crippen molar-refractivity contribution in [3.63, 3.8) is 0 Å². The smallest absolute Gasteiger partial charge is 0.267 e. The van der Waals surface area contributed by atoms with Crippen LogP contribution in [0.5, 0.6) is 0 Å². The number of carbonyl (C=O) groups is 3. The number of anilines is 2. The van der Waals surface area contributed by atoms with Crippen LogP contribution in [0.25, 0.3) is 0 Å². The van der Waals surface area contributed by atoms with Gasteiger partial charge in [0.1, 0.15) is 6.04 Å². The van der Waals surface area contributed by atoms with Crippen molar-refractivity contribution in [2.24, 2.45) is 0 Å². The van der Waals surface area contributed by atoms with Gasteiger partial charge in [-0.25, -0.2) is 5.26 Å². The molecule has 1 aromatic rings. The summed E-state index contributed by atoms with van der Waals surface area (Å²) in [6, 6.07) is 5.57. The van der Waals surface area contributed by atoms with Crippen molar-refractivity contribution in [3.05, 3.63) is 23.8 Å². The molecule has 2 saturated heterocycles. The van der Waals surface area contributed by atoms with Crippen molar-refractivity contribution in [3.8, 4) is 5.97 Å². The minimum atomic E-state index is -0.451. The Hall–Kier alpha value is -2.82. The molecule has 3 amide bonds. The van der Waals surface area contributed by atoms with E-state index in [-0.39, 0.29) is 18.5 Å². The Morgan fingerprint density at radius 2 is 1.89 bits per heavy atom. The van der Waals surface area contributed by atoms with E-state index < -0.39 is 6.04 Å². The zero-order chi connectivity index (χ0) is 20.3. The van der Waals surface area contributed by atoms with Crippen molar-refractivity contribution in [1.82, 2.24) is 5.32 Å². The number of rotatable bonds is 5. The van der Waals surface area contributed by atoms with E-state index in [1.54, 1.807) is 7.05 Å². The monoisotopic (exact) mass is 380 g/mol. The van der Waals surface area contributed by atoms with Crippen LogP contribution in [-0.4, -0.2) is 45.1 Å². The minimum absolute atomic E-state index is 0.145. The van der Waals surface area contributed by atoms with E-state index in [0.29, 0.717) is 18.8 Å². The maximum atomic E-state index is 12.3. The summed E-state index contributed by atoms with van der Waals surface area (Å²) >= 11 is 0. The zero-order valence-electron chi connectivity index (χ0n) is 16.4. The first-order valence-corrected chi connectivity index (χ1v) is 9.72. The SMILES string of the molecule is CN(C=O)c1cc(C2CCB(C#N)CC2)ccc1N(C)C1CCC(=O)NC1=O. The lowest BCUT2D eigenvalue weighted by Crippen LogP contribution is -2.51. The van der Waals surface area contributed by atoms with Crippen LogP contribution in [0, 0.1) is 11.2 Å². The highest BCUT2D eigenvalue weighted by molar-refractivity contribution is 6.67. The van der Waals surface area contributed by atoms with E-state index in [1.165, 1.54) is 4.90 Å². The van der Waals surface area contributed by atoms with Gasteiger partial charge in [-0.15, -0.1) is 0 Å². The van der Waals surface area contributed by atoms with Gasteiger partial charge < -0.3 is 9.80 Å². The zero-order valence-corrected chi connectivity index (χ0v) is 16.4. The highest BCUT2D eigenvalue weighted by Gasteiger charge is 2.32. The summed E-state index contributed by atoms with van der Waals surface area (Å²) in [7, 11) is 3.51. The number of amides is 3. The molecule has 1 atom stereocenters. The molecule has 0 aliphatic carbocycles. The van der Waals surface area contributed by atoms with Gasteiger partial charge in [0.2, 0.25) is 18.2 Å². The van der Waals surface area contributed by atoms with Crippen molar-refractivity contribution in [2.45, 2.75) is 50.3 Å². The number of hydrogen-bond acceptors (Lipinski definition) is 5. The molecule has 1 aromatic carbocycles. The molecule has 0 bridgehead atoms. The molecule has 7 nitrogen and oxygen atoms in total. The number of nitriles is 1. The number of nitrogens with zero attached hydrogens (tertiary/aromatic N) is 3. The quantitative estimate of drug-likeness (QED) is 0.479. The van der Waals surface area contributed by atoms with Gasteiger partial charge in [-0.05, 0) is 30.0 Å². The fourth-order valence-electron chi connectivity index (χ4n) is 4.21. The molecule has 2 aliphatic rings. The second-order valence-corrected chi connectivity index (χ2v) is 7.72. The second-order valence-electron chi connectivity index (χ2n) is 7.72. The third kappa shape index (κ3) is 4.03. The number of hydrogen-bond donors (Lipinski definition) is 1. The summed E-state index contributed by atoms with van der Waals surface area (Å²) in [5.74, 6) is 2.18. The average Bonchev–Trinajstić information content (AvgIpc) is 2.72. The number of carbonyl (C=O) groups excluding carboxylic acids is 3. The molecule has 0 radical (unpaired) electrons. The van der Waals surface area contributed by atoms with E-state index in [2.05, 4.69) is 17.4 Å². The van der Waals surface area contributed by atoms with E-state index in [0.717, 1.165) is 48.8 Å².